The third-order valence-electron chi connectivity index (χ3n) is 5.22. The maximum atomic E-state index is 13.3. The molecule has 1 aliphatic heterocycles. The highest BCUT2D eigenvalue weighted by atomic mass is 19.4. The highest BCUT2D eigenvalue weighted by Crippen LogP contribution is 2.31. The van der Waals surface area contributed by atoms with Crippen LogP contribution in [0.3, 0.4) is 0 Å². The van der Waals surface area contributed by atoms with Crippen LogP contribution in [0.4, 0.5) is 23.5 Å². The number of anilines is 1. The van der Waals surface area contributed by atoms with Crippen LogP contribution in [0, 0.1) is 5.82 Å². The van der Waals surface area contributed by atoms with Gasteiger partial charge >= 0.3 is 12.1 Å². The molecule has 2 aromatic carbocycles. The molecular formula is C20H18F4N6O. The molecule has 2 heterocycles. The van der Waals surface area contributed by atoms with Crippen molar-refractivity contribution in [3.05, 3.63) is 66.0 Å². The van der Waals surface area contributed by atoms with Gasteiger partial charge in [0.05, 0.1) is 11.7 Å². The summed E-state index contributed by atoms with van der Waals surface area (Å²) in [6.45, 7) is 0.491. The molecule has 0 radical (unpaired) electrons. The van der Waals surface area contributed by atoms with Crippen molar-refractivity contribution < 1.29 is 22.4 Å². The molecule has 4 rings (SSSR count). The van der Waals surface area contributed by atoms with E-state index in [-0.39, 0.29) is 6.54 Å². The van der Waals surface area contributed by atoms with Gasteiger partial charge in [0.1, 0.15) is 5.82 Å². The lowest BCUT2D eigenvalue weighted by atomic mass is 9.85. The highest BCUT2D eigenvalue weighted by molar-refractivity contribution is 5.82. The quantitative estimate of drug-likeness (QED) is 0.640. The van der Waals surface area contributed by atoms with Crippen LogP contribution in [0.15, 0.2) is 54.6 Å². The van der Waals surface area contributed by atoms with Gasteiger partial charge in [-0.15, -0.1) is 0 Å². The van der Waals surface area contributed by atoms with E-state index in [0.717, 1.165) is 0 Å². The maximum Gasteiger partial charge on any atom is 0.471 e. The summed E-state index contributed by atoms with van der Waals surface area (Å²) >= 11 is 0. The van der Waals surface area contributed by atoms with Crippen molar-refractivity contribution in [1.82, 2.24) is 25.5 Å². The molecule has 7 nitrogen and oxygen atoms in total. The molecule has 3 aromatic rings. The summed E-state index contributed by atoms with van der Waals surface area (Å²) in [6, 6.07) is 13.7. The molecule has 0 aliphatic carbocycles. The first-order valence-corrected chi connectivity index (χ1v) is 9.55. The number of hydrogen-bond donors (Lipinski definition) is 1. The number of carbonyl (C=O) groups is 1. The van der Waals surface area contributed by atoms with E-state index in [2.05, 4.69) is 20.8 Å². The van der Waals surface area contributed by atoms with Crippen molar-refractivity contribution in [2.24, 2.45) is 0 Å². The summed E-state index contributed by atoms with van der Waals surface area (Å²) in [5.74, 6) is -2.53. The van der Waals surface area contributed by atoms with Gasteiger partial charge in [0.15, 0.2) is 0 Å². The summed E-state index contributed by atoms with van der Waals surface area (Å²) in [5.41, 5.74) is 1.34. The monoisotopic (exact) mass is 434 g/mol. The Balaban J connectivity index is 1.62. The SMILES string of the molecule is O=C(NC1CN(c2nnnn2-c2ccccc2)CCC1c1ccc(F)cc1)C(F)(F)F. The number of carbonyl (C=O) groups excluding carboxylic acids is 1. The van der Waals surface area contributed by atoms with Crippen LogP contribution in [0.5, 0.6) is 0 Å². The summed E-state index contributed by atoms with van der Waals surface area (Å²) < 4.78 is 53.6. The molecule has 1 amide bonds. The number of alkyl halides is 3. The average molecular weight is 434 g/mol. The van der Waals surface area contributed by atoms with Crippen LogP contribution in [0.1, 0.15) is 17.9 Å². The minimum Gasteiger partial charge on any atom is -0.343 e. The van der Waals surface area contributed by atoms with E-state index >= 15 is 0 Å². The average Bonchev–Trinajstić information content (AvgIpc) is 3.24. The van der Waals surface area contributed by atoms with E-state index in [1.165, 1.54) is 28.9 Å². The lowest BCUT2D eigenvalue weighted by Crippen LogP contribution is -2.54. The van der Waals surface area contributed by atoms with Crippen molar-refractivity contribution in [1.29, 1.82) is 0 Å². The summed E-state index contributed by atoms with van der Waals surface area (Å²) in [4.78, 5) is 13.4. The number of nitrogens with zero attached hydrogens (tertiary/aromatic N) is 5. The molecule has 162 valence electrons. The van der Waals surface area contributed by atoms with Gasteiger partial charge in [-0.25, -0.2) is 4.39 Å². The van der Waals surface area contributed by atoms with E-state index in [1.807, 2.05) is 18.2 Å². The van der Waals surface area contributed by atoms with Crippen LogP contribution in [0.2, 0.25) is 0 Å². The fourth-order valence-corrected chi connectivity index (χ4v) is 3.75. The summed E-state index contributed by atoms with van der Waals surface area (Å²) in [5, 5.41) is 13.8. The predicted octanol–water partition coefficient (Wildman–Crippen LogP) is 2.84. The minimum absolute atomic E-state index is 0.0526. The molecule has 0 bridgehead atoms. The third-order valence-corrected chi connectivity index (χ3v) is 5.22. The number of amides is 1. The van der Waals surface area contributed by atoms with Gasteiger partial charge in [-0.3, -0.25) is 4.79 Å². The van der Waals surface area contributed by atoms with Crippen LogP contribution in [-0.4, -0.2) is 51.4 Å². The van der Waals surface area contributed by atoms with Crippen molar-refractivity contribution in [2.45, 2.75) is 24.6 Å². The molecule has 11 heteroatoms. The number of benzene rings is 2. The van der Waals surface area contributed by atoms with Crippen molar-refractivity contribution in [3.8, 4) is 5.69 Å². The Morgan fingerprint density at radius 3 is 2.45 bits per heavy atom. The van der Waals surface area contributed by atoms with Crippen LogP contribution in [0.25, 0.3) is 5.69 Å². The molecule has 1 aromatic heterocycles. The Morgan fingerprint density at radius 1 is 1.06 bits per heavy atom. The molecule has 31 heavy (non-hydrogen) atoms. The second-order valence-corrected chi connectivity index (χ2v) is 7.20. The molecule has 0 saturated carbocycles. The largest absolute Gasteiger partial charge is 0.471 e. The lowest BCUT2D eigenvalue weighted by Gasteiger charge is -2.39. The maximum absolute atomic E-state index is 13.3. The van der Waals surface area contributed by atoms with Crippen LogP contribution in [-0.2, 0) is 4.79 Å². The number of para-hydroxylation sites is 1. The first-order valence-electron chi connectivity index (χ1n) is 9.55. The normalized spacial score (nSPS) is 19.3. The molecule has 2 atom stereocenters. The Labute approximate surface area is 174 Å². The molecule has 1 saturated heterocycles. The van der Waals surface area contributed by atoms with E-state index in [4.69, 9.17) is 0 Å². The van der Waals surface area contributed by atoms with Gasteiger partial charge in [0, 0.05) is 19.0 Å². The molecule has 1 fully saturated rings. The number of halogens is 4. The summed E-state index contributed by atoms with van der Waals surface area (Å²) in [6.07, 6.45) is -4.60. The zero-order valence-electron chi connectivity index (χ0n) is 16.1. The summed E-state index contributed by atoms with van der Waals surface area (Å²) in [7, 11) is 0. The number of tetrazole rings is 1. The Morgan fingerprint density at radius 2 is 1.77 bits per heavy atom. The number of aromatic nitrogens is 4. The van der Waals surface area contributed by atoms with Crippen molar-refractivity contribution in [2.75, 3.05) is 18.0 Å². The first kappa shape index (κ1) is 20.8. The fraction of sp³-hybridized carbons (Fsp3) is 0.300. The standard InChI is InChI=1S/C20H18F4N6O/c21-14-8-6-13(7-9-14)16-10-11-29(12-17(16)25-18(31)20(22,23)24)19-26-27-28-30(19)15-4-2-1-3-5-15/h1-9,16-17H,10-12H2,(H,25,31). The molecular weight excluding hydrogens is 416 g/mol. The Kier molecular flexibility index (Phi) is 5.57. The predicted molar refractivity (Wildman–Crippen MR) is 103 cm³/mol. The van der Waals surface area contributed by atoms with E-state index < -0.39 is 29.9 Å². The molecule has 1 aliphatic rings. The highest BCUT2D eigenvalue weighted by Gasteiger charge is 2.42. The first-order chi connectivity index (χ1) is 14.8. The second kappa shape index (κ2) is 8.32. The number of rotatable bonds is 4. The van der Waals surface area contributed by atoms with Crippen molar-refractivity contribution in [3.63, 3.8) is 0 Å². The van der Waals surface area contributed by atoms with Gasteiger partial charge in [0.2, 0.25) is 5.95 Å². The Hall–Kier alpha value is -3.50. The van der Waals surface area contributed by atoms with E-state index in [0.29, 0.717) is 30.2 Å². The van der Waals surface area contributed by atoms with Crippen LogP contribution >= 0.6 is 0 Å². The fourth-order valence-electron chi connectivity index (χ4n) is 3.75. The molecule has 1 N–H and O–H groups in total. The van der Waals surface area contributed by atoms with Gasteiger partial charge in [0.25, 0.3) is 0 Å². The zero-order valence-corrected chi connectivity index (χ0v) is 16.1. The lowest BCUT2D eigenvalue weighted by molar-refractivity contribution is -0.174. The van der Waals surface area contributed by atoms with Gasteiger partial charge in [-0.05, 0) is 46.7 Å². The number of nitrogens with one attached hydrogen (secondary N) is 1. The molecule has 0 spiro atoms. The number of piperidine rings is 1. The topological polar surface area (TPSA) is 75.9 Å². The zero-order chi connectivity index (χ0) is 22.0. The van der Waals surface area contributed by atoms with E-state index in [1.54, 1.807) is 17.0 Å². The van der Waals surface area contributed by atoms with Gasteiger partial charge in [-0.2, -0.15) is 17.9 Å². The smallest absolute Gasteiger partial charge is 0.343 e. The number of hydrogen-bond acceptors (Lipinski definition) is 5. The second-order valence-electron chi connectivity index (χ2n) is 7.20. The van der Waals surface area contributed by atoms with E-state index in [9.17, 15) is 22.4 Å². The Bertz CT molecular complexity index is 1040. The van der Waals surface area contributed by atoms with Gasteiger partial charge in [-0.1, -0.05) is 35.4 Å². The van der Waals surface area contributed by atoms with Crippen molar-refractivity contribution >= 4 is 11.9 Å². The molecule has 2 unspecified atom stereocenters. The van der Waals surface area contributed by atoms with Crippen LogP contribution < -0.4 is 10.2 Å². The van der Waals surface area contributed by atoms with Gasteiger partial charge < -0.3 is 10.2 Å². The minimum atomic E-state index is -5.01. The third kappa shape index (κ3) is 4.49.